The number of benzene rings is 2. The van der Waals surface area contributed by atoms with E-state index in [0.717, 1.165) is 11.1 Å². The van der Waals surface area contributed by atoms with E-state index in [0.29, 0.717) is 35.9 Å². The molecule has 1 unspecified atom stereocenters. The number of carbonyl (C=O) groups excluding carboxylic acids is 2. The first-order chi connectivity index (χ1) is 15.4. The Bertz CT molecular complexity index is 950. The van der Waals surface area contributed by atoms with Gasteiger partial charge in [0, 0.05) is 19.0 Å². The Labute approximate surface area is 208 Å². The van der Waals surface area contributed by atoms with Crippen molar-refractivity contribution in [2.45, 2.75) is 84.8 Å². The Hall–Kier alpha value is -2.04. The Morgan fingerprint density at radius 2 is 1.58 bits per heavy atom. The largest absolute Gasteiger partial charge is 0.352 e. The van der Waals surface area contributed by atoms with E-state index in [9.17, 15) is 9.59 Å². The summed E-state index contributed by atoms with van der Waals surface area (Å²) in [6.45, 7) is 12.6. The molecule has 33 heavy (non-hydrogen) atoms. The van der Waals surface area contributed by atoms with Crippen LogP contribution in [0.3, 0.4) is 0 Å². The van der Waals surface area contributed by atoms with Crippen molar-refractivity contribution in [1.29, 1.82) is 0 Å². The van der Waals surface area contributed by atoms with Gasteiger partial charge in [-0.15, -0.1) is 0 Å². The number of rotatable bonds is 9. The number of hydrogen-bond acceptors (Lipinski definition) is 2. The van der Waals surface area contributed by atoms with Crippen molar-refractivity contribution < 1.29 is 9.59 Å². The minimum atomic E-state index is -0.558. The molecule has 0 saturated heterocycles. The van der Waals surface area contributed by atoms with Gasteiger partial charge in [-0.05, 0) is 60.9 Å². The number of nitrogens with zero attached hydrogens (tertiary/aromatic N) is 1. The number of aryl methyl sites for hydroxylation is 1. The zero-order valence-electron chi connectivity index (χ0n) is 20.5. The van der Waals surface area contributed by atoms with Gasteiger partial charge in [0.15, 0.2) is 0 Å². The Balaban J connectivity index is 2.22. The average molecular weight is 492 g/mol. The lowest BCUT2D eigenvalue weighted by molar-refractivity contribution is -0.141. The van der Waals surface area contributed by atoms with Gasteiger partial charge in [0.1, 0.15) is 6.04 Å². The fraction of sp³-hybridized carbons (Fsp3) is 0.481. The van der Waals surface area contributed by atoms with Crippen LogP contribution in [0.1, 0.15) is 71.1 Å². The first-order valence-electron chi connectivity index (χ1n) is 11.6. The molecule has 0 heterocycles. The van der Waals surface area contributed by atoms with Crippen LogP contribution in [0.4, 0.5) is 0 Å². The number of hydrogen-bond donors (Lipinski definition) is 1. The van der Waals surface area contributed by atoms with Gasteiger partial charge in [0.25, 0.3) is 0 Å². The van der Waals surface area contributed by atoms with E-state index in [-0.39, 0.29) is 23.3 Å². The highest BCUT2D eigenvalue weighted by atomic mass is 35.5. The maximum atomic E-state index is 13.4. The molecule has 0 aliphatic carbocycles. The topological polar surface area (TPSA) is 49.4 Å². The highest BCUT2D eigenvalue weighted by Crippen LogP contribution is 2.25. The first-order valence-corrected chi connectivity index (χ1v) is 12.3. The van der Waals surface area contributed by atoms with Crippen LogP contribution < -0.4 is 5.32 Å². The van der Waals surface area contributed by atoms with Crippen LogP contribution in [0.2, 0.25) is 10.0 Å². The lowest BCUT2D eigenvalue weighted by Gasteiger charge is -2.31. The van der Waals surface area contributed by atoms with Crippen LogP contribution >= 0.6 is 23.2 Å². The molecular formula is C27H36Cl2N2O2. The minimum Gasteiger partial charge on any atom is -0.352 e. The summed E-state index contributed by atoms with van der Waals surface area (Å²) in [6.07, 6.45) is 1.46. The molecule has 0 saturated carbocycles. The molecule has 4 nitrogen and oxygen atoms in total. The van der Waals surface area contributed by atoms with Crippen molar-refractivity contribution in [2.24, 2.45) is 0 Å². The highest BCUT2D eigenvalue weighted by Gasteiger charge is 2.29. The molecule has 2 aromatic carbocycles. The summed E-state index contributed by atoms with van der Waals surface area (Å²) < 4.78 is 0. The van der Waals surface area contributed by atoms with Gasteiger partial charge in [-0.2, -0.15) is 0 Å². The van der Waals surface area contributed by atoms with Gasteiger partial charge >= 0.3 is 0 Å². The molecule has 2 aromatic rings. The van der Waals surface area contributed by atoms with E-state index in [1.165, 1.54) is 5.56 Å². The van der Waals surface area contributed by atoms with Gasteiger partial charge in [0.2, 0.25) is 11.8 Å². The van der Waals surface area contributed by atoms with E-state index in [2.05, 4.69) is 50.4 Å². The van der Waals surface area contributed by atoms with Crippen molar-refractivity contribution in [3.8, 4) is 0 Å². The second-order valence-electron chi connectivity index (χ2n) is 9.80. The summed E-state index contributed by atoms with van der Waals surface area (Å²) in [7, 11) is 0. The van der Waals surface area contributed by atoms with Crippen molar-refractivity contribution in [3.05, 3.63) is 69.2 Å². The second-order valence-corrected chi connectivity index (χ2v) is 10.6. The predicted molar refractivity (Wildman–Crippen MR) is 138 cm³/mol. The number of halogens is 2. The third-order valence-corrected chi connectivity index (χ3v) is 6.34. The maximum absolute atomic E-state index is 13.4. The van der Waals surface area contributed by atoms with Crippen molar-refractivity contribution in [3.63, 3.8) is 0 Å². The molecule has 0 aliphatic heterocycles. The molecule has 0 aliphatic rings. The smallest absolute Gasteiger partial charge is 0.243 e. The van der Waals surface area contributed by atoms with E-state index < -0.39 is 6.04 Å². The van der Waals surface area contributed by atoms with Crippen molar-refractivity contribution >= 4 is 35.0 Å². The summed E-state index contributed by atoms with van der Waals surface area (Å²) in [5.74, 6) is -0.206. The summed E-state index contributed by atoms with van der Waals surface area (Å²) in [5, 5.41) is 3.84. The number of amides is 2. The molecule has 0 bridgehead atoms. The van der Waals surface area contributed by atoms with Crippen molar-refractivity contribution in [1.82, 2.24) is 10.2 Å². The van der Waals surface area contributed by atoms with Crippen LogP contribution in [-0.4, -0.2) is 28.8 Å². The third kappa shape index (κ3) is 8.04. The zero-order valence-corrected chi connectivity index (χ0v) is 22.1. The van der Waals surface area contributed by atoms with Crippen LogP contribution in [0.25, 0.3) is 0 Å². The minimum absolute atomic E-state index is 0.00481. The lowest BCUT2D eigenvalue weighted by atomic mass is 9.86. The quantitative estimate of drug-likeness (QED) is 0.432. The van der Waals surface area contributed by atoms with Gasteiger partial charge in [-0.25, -0.2) is 0 Å². The zero-order chi connectivity index (χ0) is 24.8. The summed E-state index contributed by atoms with van der Waals surface area (Å²) in [5.41, 5.74) is 3.28. The predicted octanol–water partition coefficient (Wildman–Crippen LogP) is 6.56. The Morgan fingerprint density at radius 1 is 0.970 bits per heavy atom. The lowest BCUT2D eigenvalue weighted by Crippen LogP contribution is -2.50. The van der Waals surface area contributed by atoms with Crippen LogP contribution in [0.5, 0.6) is 0 Å². The highest BCUT2D eigenvalue weighted by molar-refractivity contribution is 6.42. The SMILES string of the molecule is CCC(C(=O)NC(C)C)N(Cc1ccc(Cl)c(Cl)c1)C(=O)CCc1ccc(C(C)(C)C)cc1. The number of carbonyl (C=O) groups is 2. The molecule has 0 aromatic heterocycles. The first kappa shape index (κ1) is 27.2. The molecule has 1 N–H and O–H groups in total. The Morgan fingerprint density at radius 3 is 2.09 bits per heavy atom. The molecule has 6 heteroatoms. The fourth-order valence-corrected chi connectivity index (χ4v) is 4.02. The van der Waals surface area contributed by atoms with E-state index in [4.69, 9.17) is 23.2 Å². The molecule has 2 rings (SSSR count). The molecule has 0 spiro atoms. The van der Waals surface area contributed by atoms with Crippen LogP contribution in [0.15, 0.2) is 42.5 Å². The normalized spacial score (nSPS) is 12.5. The molecule has 2 amide bonds. The van der Waals surface area contributed by atoms with Gasteiger partial charge in [-0.1, -0.05) is 81.2 Å². The summed E-state index contributed by atoms with van der Waals surface area (Å²) in [6, 6.07) is 13.2. The van der Waals surface area contributed by atoms with Crippen molar-refractivity contribution in [2.75, 3.05) is 0 Å². The van der Waals surface area contributed by atoms with E-state index in [1.54, 1.807) is 17.0 Å². The monoisotopic (exact) mass is 490 g/mol. The molecule has 1 atom stereocenters. The third-order valence-electron chi connectivity index (χ3n) is 5.60. The van der Waals surface area contributed by atoms with Gasteiger partial charge in [0.05, 0.1) is 10.0 Å². The second kappa shape index (κ2) is 11.9. The summed E-state index contributed by atoms with van der Waals surface area (Å²) in [4.78, 5) is 27.9. The Kier molecular flexibility index (Phi) is 9.81. The van der Waals surface area contributed by atoms with E-state index in [1.807, 2.05) is 26.8 Å². The average Bonchev–Trinajstić information content (AvgIpc) is 2.73. The fourth-order valence-electron chi connectivity index (χ4n) is 3.70. The standard InChI is InChI=1S/C27H36Cl2N2O2/c1-7-24(26(33)30-18(2)3)31(17-20-10-14-22(28)23(29)16-20)25(32)15-11-19-8-12-21(13-9-19)27(4,5)6/h8-10,12-14,16,18,24H,7,11,15,17H2,1-6H3,(H,30,33). The molecule has 0 radical (unpaired) electrons. The van der Waals surface area contributed by atoms with Gasteiger partial charge < -0.3 is 10.2 Å². The van der Waals surface area contributed by atoms with Crippen LogP contribution in [-0.2, 0) is 28.0 Å². The van der Waals surface area contributed by atoms with Gasteiger partial charge in [-0.3, -0.25) is 9.59 Å². The molecule has 180 valence electrons. The van der Waals surface area contributed by atoms with E-state index >= 15 is 0 Å². The van der Waals surface area contributed by atoms with Crippen LogP contribution in [0, 0.1) is 0 Å². The molecule has 0 fully saturated rings. The summed E-state index contributed by atoms with van der Waals surface area (Å²) >= 11 is 12.3. The molecular weight excluding hydrogens is 455 g/mol. The maximum Gasteiger partial charge on any atom is 0.243 e. The number of nitrogens with one attached hydrogen (secondary N) is 1.